The minimum atomic E-state index is -0.897. The molecule has 1 aromatic carbocycles. The van der Waals surface area contributed by atoms with Gasteiger partial charge in [-0.15, -0.1) is 0 Å². The van der Waals surface area contributed by atoms with Crippen LogP contribution < -0.4 is 5.32 Å². The summed E-state index contributed by atoms with van der Waals surface area (Å²) in [4.78, 5) is 22.5. The Kier molecular flexibility index (Phi) is 5.55. The lowest BCUT2D eigenvalue weighted by Crippen LogP contribution is -2.40. The van der Waals surface area contributed by atoms with E-state index in [1.807, 2.05) is 25.1 Å². The monoisotopic (exact) mass is 263 g/mol. The first-order chi connectivity index (χ1) is 8.90. The van der Waals surface area contributed by atoms with Gasteiger partial charge in [-0.2, -0.15) is 0 Å². The third-order valence-electron chi connectivity index (χ3n) is 3.25. The highest BCUT2D eigenvalue weighted by molar-refractivity contribution is 5.78. The number of amides is 1. The second-order valence-electron chi connectivity index (χ2n) is 4.97. The van der Waals surface area contributed by atoms with Gasteiger partial charge >= 0.3 is 5.97 Å². The minimum absolute atomic E-state index is 0.109. The lowest BCUT2D eigenvalue weighted by Gasteiger charge is -2.17. The fraction of sp³-hybridized carbons (Fsp3) is 0.467. The molecule has 2 unspecified atom stereocenters. The van der Waals surface area contributed by atoms with Gasteiger partial charge in [0.1, 0.15) is 0 Å². The lowest BCUT2D eigenvalue weighted by atomic mass is 10.0. The molecule has 0 heterocycles. The predicted molar refractivity (Wildman–Crippen MR) is 73.9 cm³/mol. The zero-order chi connectivity index (χ0) is 14.4. The van der Waals surface area contributed by atoms with Crippen LogP contribution in [0.25, 0.3) is 0 Å². The summed E-state index contributed by atoms with van der Waals surface area (Å²) in [6.45, 7) is 5.32. The van der Waals surface area contributed by atoms with Gasteiger partial charge in [-0.25, -0.2) is 0 Å². The molecule has 2 N–H and O–H groups in total. The summed E-state index contributed by atoms with van der Waals surface area (Å²) in [5.41, 5.74) is 2.29. The molecule has 1 amide bonds. The van der Waals surface area contributed by atoms with Gasteiger partial charge in [0.05, 0.1) is 5.92 Å². The summed E-state index contributed by atoms with van der Waals surface area (Å²) in [6, 6.07) is 7.67. The number of carbonyl (C=O) groups excluding carboxylic acids is 1. The summed E-state index contributed by atoms with van der Waals surface area (Å²) in [7, 11) is 0. The summed E-state index contributed by atoms with van der Waals surface area (Å²) in [5.74, 6) is -1.59. The molecule has 1 aromatic rings. The maximum Gasteiger partial charge on any atom is 0.308 e. The van der Waals surface area contributed by atoms with Crippen molar-refractivity contribution in [3.63, 3.8) is 0 Å². The van der Waals surface area contributed by atoms with Gasteiger partial charge in [0, 0.05) is 12.5 Å². The molecule has 0 aliphatic heterocycles. The molecule has 0 aliphatic carbocycles. The molecule has 2 atom stereocenters. The van der Waals surface area contributed by atoms with Gasteiger partial charge < -0.3 is 10.4 Å². The van der Waals surface area contributed by atoms with Crippen molar-refractivity contribution in [1.29, 1.82) is 0 Å². The van der Waals surface area contributed by atoms with Crippen LogP contribution in [0.15, 0.2) is 24.3 Å². The first kappa shape index (κ1) is 15.2. The van der Waals surface area contributed by atoms with Gasteiger partial charge in [-0.1, -0.05) is 29.8 Å². The number of carboxylic acid groups (broad SMARTS) is 1. The van der Waals surface area contributed by atoms with E-state index in [2.05, 4.69) is 11.4 Å². The van der Waals surface area contributed by atoms with Crippen molar-refractivity contribution in [1.82, 2.24) is 5.32 Å². The molecule has 4 heteroatoms. The van der Waals surface area contributed by atoms with Crippen LogP contribution in [-0.4, -0.2) is 23.0 Å². The highest BCUT2D eigenvalue weighted by Crippen LogP contribution is 2.07. The quantitative estimate of drug-likeness (QED) is 0.826. The normalized spacial score (nSPS) is 13.6. The number of hydrogen-bond acceptors (Lipinski definition) is 2. The first-order valence-corrected chi connectivity index (χ1v) is 6.48. The average Bonchev–Trinajstić information content (AvgIpc) is 2.35. The molecule has 0 saturated carbocycles. The average molecular weight is 263 g/mol. The zero-order valence-electron chi connectivity index (χ0n) is 11.6. The van der Waals surface area contributed by atoms with Crippen LogP contribution in [0.2, 0.25) is 0 Å². The minimum Gasteiger partial charge on any atom is -0.481 e. The van der Waals surface area contributed by atoms with Gasteiger partial charge in [-0.05, 0) is 32.8 Å². The van der Waals surface area contributed by atoms with E-state index >= 15 is 0 Å². The first-order valence-electron chi connectivity index (χ1n) is 6.48. The number of hydrogen-bond donors (Lipinski definition) is 2. The molecular formula is C15H21NO3. The zero-order valence-corrected chi connectivity index (χ0v) is 11.6. The van der Waals surface area contributed by atoms with Crippen molar-refractivity contribution in [3.05, 3.63) is 35.4 Å². The highest BCUT2D eigenvalue weighted by Gasteiger charge is 2.20. The standard InChI is InChI=1S/C15H21NO3/c1-10-5-4-6-13(9-10)7-8-14(17)16-12(3)11(2)15(18)19/h4-6,9,11-12H,7-8H2,1-3H3,(H,16,17)(H,18,19). The van der Waals surface area contributed by atoms with Crippen LogP contribution in [0.3, 0.4) is 0 Å². The second kappa shape index (κ2) is 6.92. The fourth-order valence-corrected chi connectivity index (χ4v) is 1.79. The Labute approximate surface area is 113 Å². The number of carboxylic acids is 1. The molecule has 0 bridgehead atoms. The maximum atomic E-state index is 11.7. The van der Waals surface area contributed by atoms with E-state index < -0.39 is 11.9 Å². The number of nitrogens with one attached hydrogen (secondary N) is 1. The van der Waals surface area contributed by atoms with Gasteiger partial charge in [0.25, 0.3) is 0 Å². The summed E-state index contributed by atoms with van der Waals surface area (Å²) < 4.78 is 0. The number of aliphatic carboxylic acids is 1. The van der Waals surface area contributed by atoms with E-state index in [1.165, 1.54) is 5.56 Å². The molecule has 0 fully saturated rings. The van der Waals surface area contributed by atoms with E-state index in [0.717, 1.165) is 5.56 Å². The van der Waals surface area contributed by atoms with E-state index in [1.54, 1.807) is 13.8 Å². The Morgan fingerprint density at radius 3 is 2.58 bits per heavy atom. The largest absolute Gasteiger partial charge is 0.481 e. The van der Waals surface area contributed by atoms with E-state index in [4.69, 9.17) is 5.11 Å². The topological polar surface area (TPSA) is 66.4 Å². The van der Waals surface area contributed by atoms with Crippen molar-refractivity contribution < 1.29 is 14.7 Å². The molecule has 19 heavy (non-hydrogen) atoms. The van der Waals surface area contributed by atoms with Crippen molar-refractivity contribution >= 4 is 11.9 Å². The Morgan fingerprint density at radius 1 is 1.32 bits per heavy atom. The van der Waals surface area contributed by atoms with E-state index in [0.29, 0.717) is 12.8 Å². The highest BCUT2D eigenvalue weighted by atomic mass is 16.4. The molecule has 4 nitrogen and oxygen atoms in total. The van der Waals surface area contributed by atoms with Crippen LogP contribution in [0.4, 0.5) is 0 Å². The molecule has 0 saturated heterocycles. The van der Waals surface area contributed by atoms with E-state index in [9.17, 15) is 9.59 Å². The number of aryl methyl sites for hydroxylation is 2. The Morgan fingerprint density at radius 2 is 2.00 bits per heavy atom. The number of benzene rings is 1. The molecule has 104 valence electrons. The fourth-order valence-electron chi connectivity index (χ4n) is 1.79. The molecule has 1 rings (SSSR count). The molecule has 0 radical (unpaired) electrons. The molecular weight excluding hydrogens is 242 g/mol. The van der Waals surface area contributed by atoms with Crippen LogP contribution in [0, 0.1) is 12.8 Å². The summed E-state index contributed by atoms with van der Waals surface area (Å²) >= 11 is 0. The van der Waals surface area contributed by atoms with Crippen molar-refractivity contribution in [2.24, 2.45) is 5.92 Å². The van der Waals surface area contributed by atoms with Gasteiger partial charge in [0.2, 0.25) is 5.91 Å². The van der Waals surface area contributed by atoms with Crippen molar-refractivity contribution in [3.8, 4) is 0 Å². The van der Waals surface area contributed by atoms with Crippen LogP contribution in [0.1, 0.15) is 31.4 Å². The maximum absolute atomic E-state index is 11.7. The Balaban J connectivity index is 2.42. The number of carbonyl (C=O) groups is 2. The smallest absolute Gasteiger partial charge is 0.308 e. The van der Waals surface area contributed by atoms with Crippen LogP contribution in [-0.2, 0) is 16.0 Å². The molecule has 0 spiro atoms. The van der Waals surface area contributed by atoms with Crippen LogP contribution >= 0.6 is 0 Å². The Hall–Kier alpha value is -1.84. The molecule has 0 aliphatic rings. The summed E-state index contributed by atoms with van der Waals surface area (Å²) in [6.07, 6.45) is 1.04. The third kappa shape index (κ3) is 5.12. The summed E-state index contributed by atoms with van der Waals surface area (Å²) in [5, 5.41) is 11.6. The van der Waals surface area contributed by atoms with Crippen LogP contribution in [0.5, 0.6) is 0 Å². The van der Waals surface area contributed by atoms with Gasteiger partial charge in [-0.3, -0.25) is 9.59 Å². The third-order valence-corrected chi connectivity index (χ3v) is 3.25. The van der Waals surface area contributed by atoms with Gasteiger partial charge in [0.15, 0.2) is 0 Å². The Bertz CT molecular complexity index is 456. The van der Waals surface area contributed by atoms with E-state index in [-0.39, 0.29) is 11.9 Å². The second-order valence-corrected chi connectivity index (χ2v) is 4.97. The molecule has 0 aromatic heterocycles. The number of rotatable bonds is 6. The van der Waals surface area contributed by atoms with Crippen molar-refractivity contribution in [2.45, 2.75) is 39.7 Å². The SMILES string of the molecule is Cc1cccc(CCC(=O)NC(C)C(C)C(=O)O)c1. The lowest BCUT2D eigenvalue weighted by molar-refractivity contribution is -0.142. The van der Waals surface area contributed by atoms with Crippen molar-refractivity contribution in [2.75, 3.05) is 0 Å². The predicted octanol–water partition coefficient (Wildman–Crippen LogP) is 2.15.